The van der Waals surface area contributed by atoms with Gasteiger partial charge in [-0.25, -0.2) is 13.4 Å². The minimum absolute atomic E-state index is 0.0526. The van der Waals surface area contributed by atoms with Gasteiger partial charge in [0.05, 0.1) is 27.3 Å². The lowest BCUT2D eigenvalue weighted by molar-refractivity contribution is -0.130. The first kappa shape index (κ1) is 21.1. The van der Waals surface area contributed by atoms with E-state index in [4.69, 9.17) is 11.6 Å². The van der Waals surface area contributed by atoms with E-state index in [1.54, 1.807) is 42.5 Å². The number of carbonyl (C=O) groups excluding carboxylic acids is 1. The van der Waals surface area contributed by atoms with Crippen LogP contribution in [0, 0.1) is 0 Å². The molecule has 3 aromatic rings. The van der Waals surface area contributed by atoms with Gasteiger partial charge >= 0.3 is 0 Å². The van der Waals surface area contributed by atoms with Gasteiger partial charge in [-0.2, -0.15) is 0 Å². The molecule has 1 amide bonds. The van der Waals surface area contributed by atoms with Gasteiger partial charge in [0.15, 0.2) is 15.0 Å². The zero-order chi connectivity index (χ0) is 21.3. The van der Waals surface area contributed by atoms with Crippen LogP contribution in [0.15, 0.2) is 47.4 Å². The van der Waals surface area contributed by atoms with E-state index in [0.29, 0.717) is 23.0 Å². The number of nitrogens with zero attached hydrogens (tertiary/aromatic N) is 3. The predicted molar refractivity (Wildman–Crippen MR) is 121 cm³/mol. The molecule has 0 saturated carbocycles. The number of hydrogen-bond acceptors (Lipinski definition) is 6. The second-order valence-electron chi connectivity index (χ2n) is 7.20. The fraction of sp³-hybridized carbons (Fsp3) is 0.333. The first-order valence-corrected chi connectivity index (χ1v) is 12.6. The molecule has 2 aromatic carbocycles. The minimum atomic E-state index is -3.22. The first-order valence-electron chi connectivity index (χ1n) is 9.76. The molecule has 0 spiro atoms. The third-order valence-corrected chi connectivity index (χ3v) is 8.32. The maximum Gasteiger partial charge on any atom is 0.227 e. The smallest absolute Gasteiger partial charge is 0.227 e. The van der Waals surface area contributed by atoms with E-state index in [2.05, 4.69) is 9.88 Å². The summed E-state index contributed by atoms with van der Waals surface area (Å²) in [6.07, 6.45) is 0.270. The summed E-state index contributed by atoms with van der Waals surface area (Å²) in [6, 6.07) is 12.3. The topological polar surface area (TPSA) is 70.6 Å². The molecule has 0 aliphatic carbocycles. The highest BCUT2D eigenvalue weighted by molar-refractivity contribution is 7.91. The van der Waals surface area contributed by atoms with Gasteiger partial charge in [0, 0.05) is 31.2 Å². The lowest BCUT2D eigenvalue weighted by Crippen LogP contribution is -2.49. The molecule has 158 valence electrons. The summed E-state index contributed by atoms with van der Waals surface area (Å²) in [5, 5.41) is 1.65. The number of thiazole rings is 1. The normalized spacial score (nSPS) is 15.0. The van der Waals surface area contributed by atoms with Crippen LogP contribution in [-0.4, -0.2) is 56.1 Å². The summed E-state index contributed by atoms with van der Waals surface area (Å²) in [6.45, 7) is 4.35. The van der Waals surface area contributed by atoms with Gasteiger partial charge < -0.3 is 9.80 Å². The third kappa shape index (κ3) is 4.45. The summed E-state index contributed by atoms with van der Waals surface area (Å²) < 4.78 is 24.9. The number of carbonyl (C=O) groups is 1. The van der Waals surface area contributed by atoms with Crippen LogP contribution >= 0.6 is 22.9 Å². The van der Waals surface area contributed by atoms with Gasteiger partial charge in [-0.1, -0.05) is 42.0 Å². The monoisotopic (exact) mass is 463 g/mol. The van der Waals surface area contributed by atoms with Crippen molar-refractivity contribution < 1.29 is 13.2 Å². The Hall–Kier alpha value is -2.16. The Bertz CT molecular complexity index is 1170. The Balaban J connectivity index is 1.36. The number of sulfone groups is 1. The van der Waals surface area contributed by atoms with E-state index in [9.17, 15) is 13.2 Å². The molecule has 2 heterocycles. The average molecular weight is 464 g/mol. The Morgan fingerprint density at radius 2 is 1.80 bits per heavy atom. The Kier molecular flexibility index (Phi) is 5.99. The quantitative estimate of drug-likeness (QED) is 0.577. The molecule has 1 aromatic heterocycles. The Labute approximate surface area is 185 Å². The van der Waals surface area contributed by atoms with Crippen LogP contribution in [0.4, 0.5) is 5.13 Å². The van der Waals surface area contributed by atoms with Crippen molar-refractivity contribution in [2.75, 3.05) is 36.8 Å². The first-order chi connectivity index (χ1) is 14.4. The summed E-state index contributed by atoms with van der Waals surface area (Å²) in [5.74, 6) is 0.119. The standard InChI is InChI=1S/C21H22ClN3O3S2/c1-2-30(27,28)17-6-3-15(4-7-17)13-20(26)24-9-11-25(12-10-24)21-23-18-8-5-16(22)14-19(18)29-21/h3-8,14H,2,9-13H2,1H3. The van der Waals surface area contributed by atoms with Crippen LogP contribution in [0.25, 0.3) is 10.2 Å². The molecule has 6 nitrogen and oxygen atoms in total. The highest BCUT2D eigenvalue weighted by Crippen LogP contribution is 2.31. The second kappa shape index (κ2) is 8.53. The lowest BCUT2D eigenvalue weighted by atomic mass is 10.1. The number of amides is 1. The van der Waals surface area contributed by atoms with E-state index in [-0.39, 0.29) is 18.1 Å². The average Bonchev–Trinajstić information content (AvgIpc) is 3.17. The molecule has 0 unspecified atom stereocenters. The van der Waals surface area contributed by atoms with Crippen molar-refractivity contribution in [1.82, 2.24) is 9.88 Å². The fourth-order valence-electron chi connectivity index (χ4n) is 3.44. The van der Waals surface area contributed by atoms with Gasteiger partial charge in [-0.05, 0) is 35.9 Å². The number of halogens is 1. The Morgan fingerprint density at radius 1 is 1.10 bits per heavy atom. The molecule has 1 fully saturated rings. The number of hydrogen-bond donors (Lipinski definition) is 0. The molecule has 1 aliphatic heterocycles. The summed E-state index contributed by atoms with van der Waals surface area (Å²) in [5.41, 5.74) is 1.76. The van der Waals surface area contributed by atoms with Gasteiger partial charge in [0.2, 0.25) is 5.91 Å². The van der Waals surface area contributed by atoms with Crippen LogP contribution in [-0.2, 0) is 21.1 Å². The molecule has 0 atom stereocenters. The van der Waals surface area contributed by atoms with Crippen LogP contribution in [0.2, 0.25) is 5.02 Å². The molecule has 0 radical (unpaired) electrons. The van der Waals surface area contributed by atoms with Crippen molar-refractivity contribution in [3.05, 3.63) is 53.1 Å². The van der Waals surface area contributed by atoms with E-state index in [0.717, 1.165) is 34.0 Å². The van der Waals surface area contributed by atoms with E-state index >= 15 is 0 Å². The van der Waals surface area contributed by atoms with Crippen molar-refractivity contribution in [1.29, 1.82) is 0 Å². The highest BCUT2D eigenvalue weighted by Gasteiger charge is 2.23. The summed E-state index contributed by atoms with van der Waals surface area (Å²) >= 11 is 7.68. The summed E-state index contributed by atoms with van der Waals surface area (Å²) in [7, 11) is -3.22. The largest absolute Gasteiger partial charge is 0.345 e. The number of rotatable bonds is 5. The predicted octanol–water partition coefficient (Wildman–Crippen LogP) is 3.63. The van der Waals surface area contributed by atoms with Crippen LogP contribution in [0.5, 0.6) is 0 Å². The number of anilines is 1. The van der Waals surface area contributed by atoms with E-state index in [1.165, 1.54) is 0 Å². The molecule has 4 rings (SSSR count). The number of fused-ring (bicyclic) bond motifs is 1. The Morgan fingerprint density at radius 3 is 2.47 bits per heavy atom. The van der Waals surface area contributed by atoms with Crippen molar-refractivity contribution in [2.24, 2.45) is 0 Å². The molecule has 1 aliphatic rings. The molecular formula is C21H22ClN3O3S2. The van der Waals surface area contributed by atoms with Crippen molar-refractivity contribution in [3.8, 4) is 0 Å². The third-order valence-electron chi connectivity index (χ3n) is 5.26. The molecule has 9 heteroatoms. The van der Waals surface area contributed by atoms with Gasteiger partial charge in [0.25, 0.3) is 0 Å². The van der Waals surface area contributed by atoms with E-state index in [1.807, 2.05) is 23.1 Å². The summed E-state index contributed by atoms with van der Waals surface area (Å²) in [4.78, 5) is 21.7. The molecule has 30 heavy (non-hydrogen) atoms. The molecule has 1 saturated heterocycles. The number of benzene rings is 2. The maximum absolute atomic E-state index is 12.7. The van der Waals surface area contributed by atoms with Gasteiger partial charge in [-0.3, -0.25) is 4.79 Å². The van der Waals surface area contributed by atoms with Crippen molar-refractivity contribution >= 4 is 54.0 Å². The highest BCUT2D eigenvalue weighted by atomic mass is 35.5. The molecule has 0 bridgehead atoms. The number of aromatic nitrogens is 1. The van der Waals surface area contributed by atoms with Crippen molar-refractivity contribution in [2.45, 2.75) is 18.2 Å². The van der Waals surface area contributed by atoms with Crippen LogP contribution in [0.1, 0.15) is 12.5 Å². The zero-order valence-electron chi connectivity index (χ0n) is 16.5. The minimum Gasteiger partial charge on any atom is -0.345 e. The van der Waals surface area contributed by atoms with E-state index < -0.39 is 9.84 Å². The second-order valence-corrected chi connectivity index (χ2v) is 10.9. The molecule has 0 N–H and O–H groups in total. The van der Waals surface area contributed by atoms with Gasteiger partial charge in [0.1, 0.15) is 0 Å². The number of piperazine rings is 1. The van der Waals surface area contributed by atoms with Crippen LogP contribution in [0.3, 0.4) is 0 Å². The van der Waals surface area contributed by atoms with Crippen LogP contribution < -0.4 is 4.90 Å². The zero-order valence-corrected chi connectivity index (χ0v) is 18.9. The maximum atomic E-state index is 12.7. The van der Waals surface area contributed by atoms with Gasteiger partial charge in [-0.15, -0.1) is 0 Å². The lowest BCUT2D eigenvalue weighted by Gasteiger charge is -2.34. The fourth-order valence-corrected chi connectivity index (χ4v) is 5.61. The molecular weight excluding hydrogens is 442 g/mol. The SMILES string of the molecule is CCS(=O)(=O)c1ccc(CC(=O)N2CCN(c3nc4ccc(Cl)cc4s3)CC2)cc1. The van der Waals surface area contributed by atoms with Crippen molar-refractivity contribution in [3.63, 3.8) is 0 Å².